The molecule has 0 aliphatic carbocycles. The average Bonchev–Trinajstić information content (AvgIpc) is 3.35. The number of allylic oxidation sites excluding steroid dienone is 20. The van der Waals surface area contributed by atoms with E-state index in [4.69, 9.17) is 33.6 Å². The molecule has 2 atom stereocenters. The minimum atomic E-state index is -1.85. The van der Waals surface area contributed by atoms with Crippen LogP contribution in [-0.2, 0) is 37.8 Å². The second-order valence-corrected chi connectivity index (χ2v) is 23.6. The lowest BCUT2D eigenvalue weighted by molar-refractivity contribution is -0.150. The van der Waals surface area contributed by atoms with Gasteiger partial charge in [-0.05, 0) is 127 Å². The summed E-state index contributed by atoms with van der Waals surface area (Å²) in [7, 11) is -1.85. The second kappa shape index (κ2) is 51.7. The van der Waals surface area contributed by atoms with Crippen molar-refractivity contribution in [3.63, 3.8) is 0 Å². The molecule has 0 saturated carbocycles. The van der Waals surface area contributed by atoms with E-state index in [-0.39, 0.29) is 43.2 Å². The van der Waals surface area contributed by atoms with Gasteiger partial charge >= 0.3 is 17.9 Å². The fourth-order valence-electron chi connectivity index (χ4n) is 5.61. The minimum Gasteiger partial charge on any atom is -0.466 e. The lowest BCUT2D eigenvalue weighted by Crippen LogP contribution is -2.43. The van der Waals surface area contributed by atoms with Crippen LogP contribution < -0.4 is 0 Å². The first-order chi connectivity index (χ1) is 34.7. The Hall–Kier alpha value is -4.17. The molecule has 2 unspecified atom stereocenters. The third-order valence-electron chi connectivity index (χ3n) is 11.0. The Morgan fingerprint density at radius 3 is 1.18 bits per heavy atom. The number of aliphatic hydroxyl groups is 3. The van der Waals surface area contributed by atoms with E-state index in [9.17, 15) is 19.5 Å². The van der Waals surface area contributed by atoms with E-state index in [1.165, 1.54) is 0 Å². The van der Waals surface area contributed by atoms with Crippen LogP contribution in [0, 0.1) is 0 Å². The standard InChI is InChI=1S/C33H58O5Si.C27H42O6/c1-7-8-9-10-11-12-13-14-15-16-17-18-19-20-21-22-23-26-32(35)37-28-25-24-27-36-29-31(34)30-38-39(5,6)33(2,3)4;1-2-3-4-5-6-7-8-9-10-11-12-13-14-15-16-17-18-20-26(30)32-22-19-21-27(31)33-24-25(29)23-28/h8-9,11-12,14-15,17-18,20-21,31,34H,7,10,13,16,19,22-30H2,1-6H3;3-4,6-7,9-10,12-13,15-16,25,28-29H,2,5,8,11,14,17-24H2,1H3/b9-8-,12-11-,15-14-,18-17-,21-20-;4-3-,7-6-,10-9-,13-12-,16-15-. The Kier molecular flexibility index (Phi) is 50.2. The van der Waals surface area contributed by atoms with Gasteiger partial charge in [-0.1, -0.05) is 156 Å². The summed E-state index contributed by atoms with van der Waals surface area (Å²) in [6.45, 7) is 16.2. The molecule has 0 radical (unpaired) electrons. The molecule has 0 heterocycles. The molecule has 3 N–H and O–H groups in total. The van der Waals surface area contributed by atoms with E-state index in [0.29, 0.717) is 39.1 Å². The van der Waals surface area contributed by atoms with Gasteiger partial charge in [-0.2, -0.15) is 0 Å². The van der Waals surface area contributed by atoms with Gasteiger partial charge in [0.1, 0.15) is 12.7 Å². The topological polar surface area (TPSA) is 158 Å². The van der Waals surface area contributed by atoms with Crippen LogP contribution in [0.4, 0.5) is 0 Å². The first-order valence-electron chi connectivity index (χ1n) is 26.8. The van der Waals surface area contributed by atoms with Crippen LogP contribution in [-0.4, -0.2) is 100 Å². The highest BCUT2D eigenvalue weighted by Gasteiger charge is 2.37. The molecule has 0 rings (SSSR count). The monoisotopic (exact) mass is 1020 g/mol. The summed E-state index contributed by atoms with van der Waals surface area (Å²) >= 11 is 0. The summed E-state index contributed by atoms with van der Waals surface area (Å²) in [5.74, 6) is -0.898. The number of ether oxygens (including phenoxy) is 4. The van der Waals surface area contributed by atoms with E-state index in [2.05, 4.69) is 169 Å². The highest BCUT2D eigenvalue weighted by molar-refractivity contribution is 6.74. The molecular weight excluding hydrogens is 925 g/mol. The SMILES string of the molecule is CC/C=C\C/C=C\C/C=C\C/C=C\C/C=C\CCCC(=O)OCCCC(=O)OCC(O)CO.CC/C=C\C/C=C\C/C=C\C/C=C\C/C=C\CCCC(=O)OCCCCOCC(O)CO[Si](C)(C)C(C)(C)C. The molecule has 0 aliphatic heterocycles. The fourth-order valence-corrected chi connectivity index (χ4v) is 6.65. The van der Waals surface area contributed by atoms with Crippen molar-refractivity contribution in [2.24, 2.45) is 0 Å². The number of hydrogen-bond acceptors (Lipinski definition) is 11. The molecule has 12 heteroatoms. The minimum absolute atomic E-state index is 0.103. The zero-order chi connectivity index (χ0) is 53.7. The van der Waals surface area contributed by atoms with E-state index in [0.717, 1.165) is 103 Å². The number of rotatable bonds is 43. The van der Waals surface area contributed by atoms with E-state index in [1.807, 2.05) is 0 Å². The number of hydrogen-bond donors (Lipinski definition) is 3. The van der Waals surface area contributed by atoms with Gasteiger partial charge in [0, 0.05) is 25.9 Å². The largest absolute Gasteiger partial charge is 0.466 e. The maximum absolute atomic E-state index is 11.9. The van der Waals surface area contributed by atoms with Crippen molar-refractivity contribution in [2.75, 3.05) is 46.2 Å². The summed E-state index contributed by atoms with van der Waals surface area (Å²) < 4.78 is 26.7. The van der Waals surface area contributed by atoms with Gasteiger partial charge in [-0.3, -0.25) is 14.4 Å². The van der Waals surface area contributed by atoms with Gasteiger partial charge in [0.15, 0.2) is 8.32 Å². The predicted molar refractivity (Wildman–Crippen MR) is 301 cm³/mol. The van der Waals surface area contributed by atoms with Crippen molar-refractivity contribution < 1.29 is 53.1 Å². The molecule has 0 aliphatic rings. The zero-order valence-electron chi connectivity index (χ0n) is 45.9. The lowest BCUT2D eigenvalue weighted by Gasteiger charge is -2.36. The molecular formula is C60H100O11Si. The zero-order valence-corrected chi connectivity index (χ0v) is 46.9. The number of carbonyl (C=O) groups excluding carboxylic acids is 3. The maximum atomic E-state index is 11.9. The molecule has 0 aromatic rings. The second-order valence-electron chi connectivity index (χ2n) is 18.8. The number of carbonyl (C=O) groups is 3. The molecule has 0 aromatic carbocycles. The van der Waals surface area contributed by atoms with Gasteiger partial charge in [0.05, 0.1) is 39.1 Å². The molecule has 72 heavy (non-hydrogen) atoms. The third-order valence-corrected chi connectivity index (χ3v) is 15.5. The summed E-state index contributed by atoms with van der Waals surface area (Å²) in [5, 5.41) is 27.9. The summed E-state index contributed by atoms with van der Waals surface area (Å²) in [6, 6.07) is 0. The molecule has 11 nitrogen and oxygen atoms in total. The van der Waals surface area contributed by atoms with Gasteiger partial charge in [0.2, 0.25) is 0 Å². The van der Waals surface area contributed by atoms with E-state index in [1.54, 1.807) is 0 Å². The number of aliphatic hydroxyl groups excluding tert-OH is 3. The van der Waals surface area contributed by atoms with Crippen LogP contribution in [0.5, 0.6) is 0 Å². The molecule has 0 bridgehead atoms. The Labute approximate surface area is 438 Å². The molecule has 0 amide bonds. The first kappa shape index (κ1) is 69.9. The number of unbranched alkanes of at least 4 members (excludes halogenated alkanes) is 3. The quantitative estimate of drug-likeness (QED) is 0.0175. The number of esters is 3. The van der Waals surface area contributed by atoms with Gasteiger partial charge in [-0.15, -0.1) is 0 Å². The summed E-state index contributed by atoms with van der Waals surface area (Å²) in [5.41, 5.74) is 0. The van der Waals surface area contributed by atoms with Gasteiger partial charge in [-0.25, -0.2) is 0 Å². The van der Waals surface area contributed by atoms with Crippen molar-refractivity contribution in [1.29, 1.82) is 0 Å². The Morgan fingerprint density at radius 2 is 0.792 bits per heavy atom. The smallest absolute Gasteiger partial charge is 0.306 e. The molecule has 0 aromatic heterocycles. The normalized spacial score (nSPS) is 13.7. The van der Waals surface area contributed by atoms with Crippen LogP contribution in [0.15, 0.2) is 122 Å². The Morgan fingerprint density at radius 1 is 0.444 bits per heavy atom. The molecule has 410 valence electrons. The molecule has 0 spiro atoms. The van der Waals surface area contributed by atoms with Gasteiger partial charge in [0.25, 0.3) is 0 Å². The lowest BCUT2D eigenvalue weighted by atomic mass is 10.2. The van der Waals surface area contributed by atoms with Crippen LogP contribution in [0.2, 0.25) is 18.1 Å². The highest BCUT2D eigenvalue weighted by atomic mass is 28.4. The Bertz CT molecular complexity index is 1610. The fraction of sp³-hybridized carbons (Fsp3) is 0.617. The summed E-state index contributed by atoms with van der Waals surface area (Å²) in [4.78, 5) is 34.9. The van der Waals surface area contributed by atoms with Gasteiger partial charge < -0.3 is 38.7 Å². The molecule has 0 fully saturated rings. The van der Waals surface area contributed by atoms with Crippen molar-refractivity contribution in [2.45, 2.75) is 193 Å². The van der Waals surface area contributed by atoms with Crippen molar-refractivity contribution in [1.82, 2.24) is 0 Å². The predicted octanol–water partition coefficient (Wildman–Crippen LogP) is 13.8. The van der Waals surface area contributed by atoms with Crippen molar-refractivity contribution >= 4 is 26.2 Å². The maximum Gasteiger partial charge on any atom is 0.306 e. The third kappa shape index (κ3) is 52.2. The van der Waals surface area contributed by atoms with Crippen LogP contribution >= 0.6 is 0 Å². The highest BCUT2D eigenvalue weighted by Crippen LogP contribution is 2.36. The van der Waals surface area contributed by atoms with Crippen LogP contribution in [0.1, 0.15) is 163 Å². The van der Waals surface area contributed by atoms with Crippen molar-refractivity contribution in [3.05, 3.63) is 122 Å². The van der Waals surface area contributed by atoms with Crippen molar-refractivity contribution in [3.8, 4) is 0 Å². The average molecular weight is 1030 g/mol. The van der Waals surface area contributed by atoms with E-state index < -0.39 is 33.1 Å². The Balaban J connectivity index is 0. The first-order valence-corrected chi connectivity index (χ1v) is 29.8. The summed E-state index contributed by atoms with van der Waals surface area (Å²) in [6.07, 6.45) is 57.7. The van der Waals surface area contributed by atoms with Crippen LogP contribution in [0.3, 0.4) is 0 Å². The molecule has 0 saturated heterocycles. The van der Waals surface area contributed by atoms with Crippen LogP contribution in [0.25, 0.3) is 0 Å². The van der Waals surface area contributed by atoms with E-state index >= 15 is 0 Å².